The second kappa shape index (κ2) is 7.56. The van der Waals surface area contributed by atoms with E-state index in [-0.39, 0.29) is 10.6 Å². The predicted octanol–water partition coefficient (Wildman–Crippen LogP) is 2.67. The standard InChI is InChI=1S/C18H17F2N3O4S2/c1-10(23(29(3,26)27)12-5-6-13(19)14(20)9-12)17(24)21-11-4-7-15-16(8-11)28-18(25)22(15)2/h4-10H,1-3H3,(H,21,24)/t10-/m1/s1. The van der Waals surface area contributed by atoms with Gasteiger partial charge in [0, 0.05) is 18.8 Å². The molecule has 1 atom stereocenters. The fraction of sp³-hybridized carbons (Fsp3) is 0.222. The van der Waals surface area contributed by atoms with Gasteiger partial charge in [0.25, 0.3) is 0 Å². The van der Waals surface area contributed by atoms with Gasteiger partial charge in [0.15, 0.2) is 11.6 Å². The number of benzene rings is 2. The molecule has 0 radical (unpaired) electrons. The number of hydrogen-bond acceptors (Lipinski definition) is 5. The molecular weight excluding hydrogens is 424 g/mol. The third kappa shape index (κ3) is 4.15. The number of thiazole rings is 1. The van der Waals surface area contributed by atoms with Crippen molar-refractivity contribution in [3.63, 3.8) is 0 Å². The molecule has 1 amide bonds. The molecule has 1 heterocycles. The van der Waals surface area contributed by atoms with Crippen LogP contribution in [0, 0.1) is 11.6 Å². The van der Waals surface area contributed by atoms with Gasteiger partial charge in [-0.15, -0.1) is 0 Å². The number of carbonyl (C=O) groups is 1. The molecule has 3 rings (SSSR count). The molecule has 0 saturated carbocycles. The van der Waals surface area contributed by atoms with Crippen molar-refractivity contribution in [3.05, 3.63) is 57.7 Å². The van der Waals surface area contributed by atoms with E-state index in [0.717, 1.165) is 29.7 Å². The minimum atomic E-state index is -3.98. The molecule has 0 bridgehead atoms. The minimum Gasteiger partial charge on any atom is -0.324 e. The van der Waals surface area contributed by atoms with Gasteiger partial charge in [-0.2, -0.15) is 0 Å². The minimum absolute atomic E-state index is 0.154. The van der Waals surface area contributed by atoms with Crippen LogP contribution >= 0.6 is 11.3 Å². The monoisotopic (exact) mass is 441 g/mol. The average Bonchev–Trinajstić information content (AvgIpc) is 2.90. The van der Waals surface area contributed by atoms with Gasteiger partial charge in [0.05, 0.1) is 22.2 Å². The highest BCUT2D eigenvalue weighted by Crippen LogP contribution is 2.25. The molecule has 0 aliphatic rings. The topological polar surface area (TPSA) is 88.5 Å². The normalized spacial score (nSPS) is 12.7. The zero-order valence-electron chi connectivity index (χ0n) is 15.6. The summed E-state index contributed by atoms with van der Waals surface area (Å²) in [4.78, 5) is 24.3. The van der Waals surface area contributed by atoms with Crippen molar-refractivity contribution in [1.29, 1.82) is 0 Å². The number of hydrogen-bond donors (Lipinski definition) is 1. The summed E-state index contributed by atoms with van der Waals surface area (Å²) in [6.07, 6.45) is 0.867. The number of fused-ring (bicyclic) bond motifs is 1. The first-order valence-corrected chi connectivity index (χ1v) is 11.0. The van der Waals surface area contributed by atoms with Crippen LogP contribution in [0.25, 0.3) is 10.2 Å². The van der Waals surface area contributed by atoms with Crippen molar-refractivity contribution in [2.24, 2.45) is 7.05 Å². The quantitative estimate of drug-likeness (QED) is 0.659. The second-order valence-corrected chi connectivity index (χ2v) is 9.28. The summed E-state index contributed by atoms with van der Waals surface area (Å²) in [7, 11) is -2.35. The number of aryl methyl sites for hydroxylation is 1. The summed E-state index contributed by atoms with van der Waals surface area (Å²) in [5.41, 5.74) is 0.895. The molecule has 1 N–H and O–H groups in total. The van der Waals surface area contributed by atoms with E-state index < -0.39 is 33.6 Å². The number of aromatic nitrogens is 1. The van der Waals surface area contributed by atoms with E-state index in [9.17, 15) is 26.8 Å². The fourth-order valence-corrected chi connectivity index (χ4v) is 4.97. The Morgan fingerprint density at radius 2 is 1.86 bits per heavy atom. The van der Waals surface area contributed by atoms with Gasteiger partial charge < -0.3 is 9.88 Å². The number of sulfonamides is 1. The predicted molar refractivity (Wildman–Crippen MR) is 109 cm³/mol. The van der Waals surface area contributed by atoms with Gasteiger partial charge in [-0.1, -0.05) is 11.3 Å². The Labute approximate surface area is 169 Å². The molecule has 0 fully saturated rings. The lowest BCUT2D eigenvalue weighted by Gasteiger charge is -2.28. The molecule has 1 aromatic heterocycles. The van der Waals surface area contributed by atoms with E-state index in [0.29, 0.717) is 26.3 Å². The average molecular weight is 441 g/mol. The number of halogens is 2. The first kappa shape index (κ1) is 20.9. The Morgan fingerprint density at radius 3 is 2.48 bits per heavy atom. The third-order valence-electron chi connectivity index (χ3n) is 4.31. The number of rotatable bonds is 5. The van der Waals surface area contributed by atoms with Crippen LogP contribution in [0.3, 0.4) is 0 Å². The van der Waals surface area contributed by atoms with Crippen LogP contribution in [0.2, 0.25) is 0 Å². The van der Waals surface area contributed by atoms with E-state index >= 15 is 0 Å². The van der Waals surface area contributed by atoms with E-state index in [1.807, 2.05) is 0 Å². The van der Waals surface area contributed by atoms with Gasteiger partial charge in [-0.05, 0) is 37.3 Å². The number of carbonyl (C=O) groups excluding carboxylic acids is 1. The largest absolute Gasteiger partial charge is 0.324 e. The zero-order valence-corrected chi connectivity index (χ0v) is 17.3. The maximum Gasteiger partial charge on any atom is 0.307 e. The van der Waals surface area contributed by atoms with Gasteiger partial charge in [-0.3, -0.25) is 13.9 Å². The highest BCUT2D eigenvalue weighted by Gasteiger charge is 2.30. The van der Waals surface area contributed by atoms with Crippen LogP contribution in [0.5, 0.6) is 0 Å². The first-order valence-electron chi connectivity index (χ1n) is 8.34. The molecule has 2 aromatic carbocycles. The summed E-state index contributed by atoms with van der Waals surface area (Å²) in [6.45, 7) is 1.33. The smallest absolute Gasteiger partial charge is 0.307 e. The van der Waals surface area contributed by atoms with Gasteiger partial charge in [-0.25, -0.2) is 17.2 Å². The third-order valence-corrected chi connectivity index (χ3v) is 6.54. The van der Waals surface area contributed by atoms with Crippen LogP contribution < -0.4 is 14.5 Å². The van der Waals surface area contributed by atoms with E-state index in [1.165, 1.54) is 11.5 Å². The Kier molecular flexibility index (Phi) is 5.46. The Morgan fingerprint density at radius 1 is 1.17 bits per heavy atom. The first-order chi connectivity index (χ1) is 13.5. The van der Waals surface area contributed by atoms with E-state index in [4.69, 9.17) is 0 Å². The Hall–Kier alpha value is -2.79. The Balaban J connectivity index is 1.91. The summed E-state index contributed by atoms with van der Waals surface area (Å²) >= 11 is 1.01. The lowest BCUT2D eigenvalue weighted by atomic mass is 10.2. The molecule has 0 aliphatic heterocycles. The molecule has 7 nitrogen and oxygen atoms in total. The van der Waals surface area contributed by atoms with Crippen molar-refractivity contribution in [2.75, 3.05) is 15.9 Å². The van der Waals surface area contributed by atoms with Crippen molar-refractivity contribution < 1.29 is 22.0 Å². The summed E-state index contributed by atoms with van der Waals surface area (Å²) in [5.74, 6) is -3.04. The number of amides is 1. The highest BCUT2D eigenvalue weighted by atomic mass is 32.2. The fourth-order valence-electron chi connectivity index (χ4n) is 2.89. The van der Waals surface area contributed by atoms with Crippen LogP contribution in [-0.4, -0.2) is 31.2 Å². The van der Waals surface area contributed by atoms with Crippen molar-refractivity contribution in [3.8, 4) is 0 Å². The van der Waals surface area contributed by atoms with Crippen molar-refractivity contribution in [1.82, 2.24) is 4.57 Å². The molecule has 3 aromatic rings. The van der Waals surface area contributed by atoms with Gasteiger partial charge in [0.2, 0.25) is 15.9 Å². The van der Waals surface area contributed by atoms with Gasteiger partial charge in [0.1, 0.15) is 6.04 Å². The molecule has 0 saturated heterocycles. The van der Waals surface area contributed by atoms with Crippen molar-refractivity contribution in [2.45, 2.75) is 13.0 Å². The SMILES string of the molecule is C[C@H](C(=O)Nc1ccc2c(c1)sc(=O)n2C)N(c1ccc(F)c(F)c1)S(C)(=O)=O. The molecule has 29 heavy (non-hydrogen) atoms. The van der Waals surface area contributed by atoms with Crippen LogP contribution in [0.4, 0.5) is 20.2 Å². The molecular formula is C18H17F2N3O4S2. The molecule has 0 spiro atoms. The zero-order chi connectivity index (χ0) is 21.5. The Bertz CT molecular complexity index is 1270. The van der Waals surface area contributed by atoms with Crippen LogP contribution in [0.15, 0.2) is 41.2 Å². The maximum absolute atomic E-state index is 13.6. The summed E-state index contributed by atoms with van der Waals surface area (Å²) in [6, 6.07) is 6.19. The van der Waals surface area contributed by atoms with Crippen LogP contribution in [-0.2, 0) is 21.9 Å². The van der Waals surface area contributed by atoms with Crippen LogP contribution in [0.1, 0.15) is 6.92 Å². The van der Waals surface area contributed by atoms with E-state index in [2.05, 4.69) is 5.32 Å². The maximum atomic E-state index is 13.6. The lowest BCUT2D eigenvalue weighted by Crippen LogP contribution is -2.45. The molecule has 0 unspecified atom stereocenters. The van der Waals surface area contributed by atoms with Gasteiger partial charge >= 0.3 is 4.87 Å². The highest BCUT2D eigenvalue weighted by molar-refractivity contribution is 7.92. The number of anilines is 2. The van der Waals surface area contributed by atoms with Crippen molar-refractivity contribution >= 4 is 48.9 Å². The second-order valence-electron chi connectivity index (χ2n) is 6.43. The summed E-state index contributed by atoms with van der Waals surface area (Å²) in [5, 5.41) is 2.59. The number of nitrogens with one attached hydrogen (secondary N) is 1. The molecule has 0 aliphatic carbocycles. The lowest BCUT2D eigenvalue weighted by molar-refractivity contribution is -0.116. The molecule has 11 heteroatoms. The summed E-state index contributed by atoms with van der Waals surface area (Å²) < 4.78 is 54.1. The molecule has 154 valence electrons. The number of nitrogens with zero attached hydrogens (tertiary/aromatic N) is 2. The van der Waals surface area contributed by atoms with E-state index in [1.54, 1.807) is 25.2 Å².